The van der Waals surface area contributed by atoms with Gasteiger partial charge in [0, 0.05) is 12.1 Å². The zero-order chi connectivity index (χ0) is 10.3. The summed E-state index contributed by atoms with van der Waals surface area (Å²) in [5.41, 5.74) is 2.00. The molecule has 2 aliphatic rings. The molecule has 0 radical (unpaired) electrons. The van der Waals surface area contributed by atoms with Crippen molar-refractivity contribution in [2.75, 3.05) is 13.1 Å². The summed E-state index contributed by atoms with van der Waals surface area (Å²) in [6.07, 6.45) is 1.73. The summed E-state index contributed by atoms with van der Waals surface area (Å²) in [6, 6.07) is 4.82. The van der Waals surface area contributed by atoms with E-state index < -0.39 is 0 Å². The Morgan fingerprint density at radius 3 is 3.20 bits per heavy atom. The summed E-state index contributed by atoms with van der Waals surface area (Å²) in [4.78, 5) is 6.19. The van der Waals surface area contributed by atoms with Crippen molar-refractivity contribution in [3.8, 4) is 0 Å². The van der Waals surface area contributed by atoms with E-state index in [1.807, 2.05) is 11.2 Å². The monoisotopic (exact) mass is 206 g/mol. The highest BCUT2D eigenvalue weighted by Crippen LogP contribution is 2.33. The molecule has 0 spiro atoms. The largest absolute Gasteiger partial charge is 0.349 e. The van der Waals surface area contributed by atoms with Crippen molar-refractivity contribution in [1.82, 2.24) is 4.90 Å². The average molecular weight is 206 g/mol. The fourth-order valence-electron chi connectivity index (χ4n) is 2.04. The molecule has 3 rings (SSSR count). The first-order valence-corrected chi connectivity index (χ1v) is 5.00. The lowest BCUT2D eigenvalue weighted by molar-refractivity contribution is -0.0101. The van der Waals surface area contributed by atoms with Crippen molar-refractivity contribution in [1.29, 1.82) is 0 Å². The van der Waals surface area contributed by atoms with Gasteiger partial charge < -0.3 is 9.64 Å². The van der Waals surface area contributed by atoms with E-state index in [0.717, 1.165) is 24.2 Å². The number of ether oxygens (including phenoxy) is 1. The third kappa shape index (κ3) is 1.41. The smallest absolute Gasteiger partial charge is 0.157 e. The van der Waals surface area contributed by atoms with Crippen LogP contribution in [0.3, 0.4) is 0 Å². The maximum absolute atomic E-state index is 13.0. The van der Waals surface area contributed by atoms with Crippen LogP contribution >= 0.6 is 0 Å². The molecule has 0 aromatic heterocycles. The second kappa shape index (κ2) is 3.31. The molecule has 1 atom stereocenters. The molecule has 0 saturated heterocycles. The molecular weight excluding hydrogens is 195 g/mol. The molecule has 1 unspecified atom stereocenters. The maximum Gasteiger partial charge on any atom is 0.157 e. The van der Waals surface area contributed by atoms with Crippen LogP contribution < -0.4 is 0 Å². The lowest BCUT2D eigenvalue weighted by Crippen LogP contribution is -2.25. The molecule has 1 aromatic rings. The van der Waals surface area contributed by atoms with Gasteiger partial charge in [0.05, 0.1) is 19.5 Å². The molecule has 3 nitrogen and oxygen atoms in total. The minimum atomic E-state index is -0.201. The molecule has 0 aliphatic carbocycles. The van der Waals surface area contributed by atoms with Gasteiger partial charge in [-0.05, 0) is 17.7 Å². The normalized spacial score (nSPS) is 23.5. The van der Waals surface area contributed by atoms with Crippen molar-refractivity contribution in [2.45, 2.75) is 12.8 Å². The second-order valence-electron chi connectivity index (χ2n) is 3.77. The molecule has 0 fully saturated rings. The van der Waals surface area contributed by atoms with Gasteiger partial charge in [0.1, 0.15) is 5.82 Å². The van der Waals surface area contributed by atoms with Crippen LogP contribution in [0, 0.1) is 5.82 Å². The molecule has 2 aliphatic heterocycles. The minimum absolute atomic E-state index is 0.0770. The Morgan fingerprint density at radius 2 is 2.40 bits per heavy atom. The lowest BCUT2D eigenvalue weighted by atomic mass is 10.1. The lowest BCUT2D eigenvalue weighted by Gasteiger charge is -2.22. The summed E-state index contributed by atoms with van der Waals surface area (Å²) >= 11 is 0. The maximum atomic E-state index is 13.0. The van der Waals surface area contributed by atoms with Crippen molar-refractivity contribution in [2.24, 2.45) is 4.99 Å². The van der Waals surface area contributed by atoms with E-state index in [0.29, 0.717) is 6.61 Å². The highest BCUT2D eigenvalue weighted by molar-refractivity contribution is 5.58. The van der Waals surface area contributed by atoms with Crippen LogP contribution in [0.4, 0.5) is 4.39 Å². The first-order chi connectivity index (χ1) is 7.34. The van der Waals surface area contributed by atoms with Crippen LogP contribution in [0.2, 0.25) is 0 Å². The van der Waals surface area contributed by atoms with Gasteiger partial charge in [-0.25, -0.2) is 4.39 Å². The molecule has 1 aromatic carbocycles. The number of halogens is 1. The number of fused-ring (bicyclic) bond motifs is 1. The molecule has 15 heavy (non-hydrogen) atoms. The summed E-state index contributed by atoms with van der Waals surface area (Å²) in [5.74, 6) is -0.201. The van der Waals surface area contributed by atoms with E-state index in [4.69, 9.17) is 4.74 Å². The van der Waals surface area contributed by atoms with E-state index in [-0.39, 0.29) is 12.0 Å². The van der Waals surface area contributed by atoms with Crippen LogP contribution in [0.15, 0.2) is 23.2 Å². The van der Waals surface area contributed by atoms with E-state index >= 15 is 0 Å². The predicted molar refractivity (Wildman–Crippen MR) is 54.0 cm³/mol. The summed E-state index contributed by atoms with van der Waals surface area (Å²) in [6.45, 7) is 2.18. The minimum Gasteiger partial charge on any atom is -0.349 e. The molecule has 0 amide bonds. The Labute approximate surface area is 87.2 Å². The number of benzene rings is 1. The third-order valence-corrected chi connectivity index (χ3v) is 2.79. The highest BCUT2D eigenvalue weighted by atomic mass is 19.1. The standard InChI is InChI=1S/C11H11FN2O/c12-9-1-2-10-8(5-9)6-15-11(10)14-4-3-13-7-14/h1-2,5,7,11H,3-4,6H2. The number of hydrogen-bond donors (Lipinski definition) is 0. The van der Waals surface area contributed by atoms with Crippen molar-refractivity contribution in [3.05, 3.63) is 35.1 Å². The van der Waals surface area contributed by atoms with Crippen LogP contribution in [0.25, 0.3) is 0 Å². The van der Waals surface area contributed by atoms with Gasteiger partial charge in [-0.15, -0.1) is 0 Å². The first-order valence-electron chi connectivity index (χ1n) is 5.00. The number of aliphatic imine (C=N–C) groups is 1. The molecular formula is C11H11FN2O. The van der Waals surface area contributed by atoms with Crippen LogP contribution in [0.5, 0.6) is 0 Å². The Hall–Kier alpha value is -1.42. The van der Waals surface area contributed by atoms with Gasteiger partial charge in [0.15, 0.2) is 6.23 Å². The van der Waals surface area contributed by atoms with Gasteiger partial charge in [-0.2, -0.15) is 0 Å². The predicted octanol–water partition coefficient (Wildman–Crippen LogP) is 1.70. The van der Waals surface area contributed by atoms with Crippen molar-refractivity contribution in [3.63, 3.8) is 0 Å². The second-order valence-corrected chi connectivity index (χ2v) is 3.77. The number of rotatable bonds is 1. The first kappa shape index (κ1) is 8.85. The summed E-state index contributed by atoms with van der Waals surface area (Å²) < 4.78 is 18.6. The molecule has 0 saturated carbocycles. The van der Waals surface area contributed by atoms with Crippen LogP contribution in [-0.2, 0) is 11.3 Å². The Kier molecular flexibility index (Phi) is 1.95. The van der Waals surface area contributed by atoms with Crippen molar-refractivity contribution < 1.29 is 9.13 Å². The van der Waals surface area contributed by atoms with E-state index in [1.165, 1.54) is 6.07 Å². The number of hydrogen-bond acceptors (Lipinski definition) is 3. The number of nitrogens with zero attached hydrogens (tertiary/aromatic N) is 2. The topological polar surface area (TPSA) is 24.8 Å². The van der Waals surface area contributed by atoms with Gasteiger partial charge >= 0.3 is 0 Å². The van der Waals surface area contributed by atoms with Gasteiger partial charge in [0.2, 0.25) is 0 Å². The SMILES string of the molecule is Fc1ccc2c(c1)COC2N1C=NCC1. The van der Waals surface area contributed by atoms with Crippen LogP contribution in [0.1, 0.15) is 17.4 Å². The fraction of sp³-hybridized carbons (Fsp3) is 0.364. The average Bonchev–Trinajstić information content (AvgIpc) is 2.82. The molecule has 0 bridgehead atoms. The molecule has 0 N–H and O–H groups in total. The van der Waals surface area contributed by atoms with Crippen LogP contribution in [-0.4, -0.2) is 24.3 Å². The molecule has 4 heteroatoms. The van der Waals surface area contributed by atoms with E-state index in [1.54, 1.807) is 12.1 Å². The quantitative estimate of drug-likeness (QED) is 0.698. The van der Waals surface area contributed by atoms with Gasteiger partial charge in [-0.1, -0.05) is 6.07 Å². The van der Waals surface area contributed by atoms with Crippen molar-refractivity contribution >= 4 is 6.34 Å². The summed E-state index contributed by atoms with van der Waals surface area (Å²) in [7, 11) is 0. The van der Waals surface area contributed by atoms with E-state index in [9.17, 15) is 4.39 Å². The zero-order valence-corrected chi connectivity index (χ0v) is 8.19. The summed E-state index contributed by atoms with van der Waals surface area (Å²) in [5, 5.41) is 0. The Bertz CT molecular complexity index is 419. The zero-order valence-electron chi connectivity index (χ0n) is 8.19. The Balaban J connectivity index is 1.94. The van der Waals surface area contributed by atoms with Gasteiger partial charge in [0.25, 0.3) is 0 Å². The molecule has 78 valence electrons. The molecule has 2 heterocycles. The Morgan fingerprint density at radius 1 is 1.47 bits per heavy atom. The van der Waals surface area contributed by atoms with E-state index in [2.05, 4.69) is 4.99 Å². The fourth-order valence-corrected chi connectivity index (χ4v) is 2.04. The third-order valence-electron chi connectivity index (χ3n) is 2.79. The highest BCUT2D eigenvalue weighted by Gasteiger charge is 2.28. The van der Waals surface area contributed by atoms with Gasteiger partial charge in [-0.3, -0.25) is 4.99 Å².